The van der Waals surface area contributed by atoms with E-state index in [0.717, 1.165) is 31.0 Å². The number of likely N-dealkylation sites (tertiary alicyclic amines) is 1. The van der Waals surface area contributed by atoms with Gasteiger partial charge < -0.3 is 14.8 Å². The predicted molar refractivity (Wildman–Crippen MR) is 138 cm³/mol. The highest BCUT2D eigenvalue weighted by Gasteiger charge is 2.47. The summed E-state index contributed by atoms with van der Waals surface area (Å²) in [6.45, 7) is 2.02. The zero-order chi connectivity index (χ0) is 30.1. The first-order valence-corrected chi connectivity index (χ1v) is 13.8. The van der Waals surface area contributed by atoms with Gasteiger partial charge in [0, 0.05) is 57.7 Å². The first-order valence-electron chi connectivity index (χ1n) is 13.8. The molecule has 2 amide bonds. The van der Waals surface area contributed by atoms with Crippen LogP contribution in [0.4, 0.5) is 31.1 Å². The molecule has 5 rings (SSSR count). The van der Waals surface area contributed by atoms with E-state index in [9.17, 15) is 35.9 Å². The molecule has 0 bridgehead atoms. The maximum Gasteiger partial charge on any atom is 0.416 e. The summed E-state index contributed by atoms with van der Waals surface area (Å²) in [5, 5.41) is 2.62. The third-order valence-electron chi connectivity index (χ3n) is 8.05. The molecule has 228 valence electrons. The van der Waals surface area contributed by atoms with Gasteiger partial charge in [0.2, 0.25) is 0 Å². The van der Waals surface area contributed by atoms with Crippen LogP contribution in [0.2, 0.25) is 0 Å². The topological polar surface area (TPSA) is 71.1 Å². The van der Waals surface area contributed by atoms with E-state index in [1.165, 1.54) is 29.2 Å². The molecule has 3 fully saturated rings. The van der Waals surface area contributed by atoms with Gasteiger partial charge in [-0.05, 0) is 48.2 Å². The van der Waals surface area contributed by atoms with Crippen molar-refractivity contribution in [3.05, 3.63) is 70.3 Å². The van der Waals surface area contributed by atoms with Crippen LogP contribution in [0.25, 0.3) is 0 Å². The van der Waals surface area contributed by atoms with E-state index >= 15 is 0 Å². The number of halogens is 6. The van der Waals surface area contributed by atoms with Crippen molar-refractivity contribution in [2.75, 3.05) is 32.8 Å². The lowest BCUT2D eigenvalue weighted by Crippen LogP contribution is -2.46. The number of amides is 2. The van der Waals surface area contributed by atoms with Gasteiger partial charge in [-0.15, -0.1) is 0 Å². The number of carbonyl (C=O) groups is 2. The summed E-state index contributed by atoms with van der Waals surface area (Å²) >= 11 is 0. The van der Waals surface area contributed by atoms with Gasteiger partial charge in [-0.1, -0.05) is 18.2 Å². The number of piperidine rings is 1. The molecule has 0 radical (unpaired) electrons. The van der Waals surface area contributed by atoms with Crippen molar-refractivity contribution in [2.45, 2.75) is 62.8 Å². The van der Waals surface area contributed by atoms with Crippen LogP contribution < -0.4 is 5.32 Å². The number of rotatable bonds is 7. The van der Waals surface area contributed by atoms with Crippen LogP contribution in [0.3, 0.4) is 0 Å². The van der Waals surface area contributed by atoms with Crippen LogP contribution >= 0.6 is 0 Å². The second-order valence-corrected chi connectivity index (χ2v) is 11.1. The lowest BCUT2D eigenvalue weighted by molar-refractivity contribution is -0.138. The molecule has 0 aromatic heterocycles. The molecule has 1 spiro atoms. The third kappa shape index (κ3) is 7.00. The van der Waals surface area contributed by atoms with E-state index < -0.39 is 41.1 Å². The van der Waals surface area contributed by atoms with E-state index in [-0.39, 0.29) is 36.9 Å². The Morgan fingerprint density at radius 3 is 2.31 bits per heavy atom. The van der Waals surface area contributed by atoms with E-state index in [1.807, 2.05) is 4.90 Å². The Labute approximate surface area is 238 Å². The zero-order valence-corrected chi connectivity index (χ0v) is 22.7. The molecule has 1 atom stereocenters. The summed E-state index contributed by atoms with van der Waals surface area (Å²) in [6.07, 6.45) is -7.50. The van der Waals surface area contributed by atoms with Crippen molar-refractivity contribution in [1.82, 2.24) is 15.1 Å². The minimum absolute atomic E-state index is 0.112. The smallest absolute Gasteiger partial charge is 0.416 e. The molecule has 0 aliphatic carbocycles. The lowest BCUT2D eigenvalue weighted by Gasteiger charge is -2.37. The Morgan fingerprint density at radius 1 is 0.976 bits per heavy atom. The van der Waals surface area contributed by atoms with Crippen LogP contribution in [0, 0.1) is 0 Å². The molecule has 3 saturated heterocycles. The van der Waals surface area contributed by atoms with Crippen LogP contribution in [-0.4, -0.2) is 66.3 Å². The number of hydrogen-bond acceptors (Lipinski definition) is 5. The van der Waals surface area contributed by atoms with Crippen LogP contribution in [-0.2, 0) is 34.9 Å². The highest BCUT2D eigenvalue weighted by Crippen LogP contribution is 2.37. The number of nitrogens with one attached hydrogen (secondary N) is 1. The predicted octanol–water partition coefficient (Wildman–Crippen LogP) is 5.62. The monoisotopic (exact) mass is 599 g/mol. The molecule has 13 heteroatoms. The van der Waals surface area contributed by atoms with Crippen molar-refractivity contribution < 1.29 is 45.4 Å². The first-order chi connectivity index (χ1) is 19.8. The number of ether oxygens (including phenoxy) is 2. The number of carbonyl (C=O) groups excluding carboxylic acids is 2. The summed E-state index contributed by atoms with van der Waals surface area (Å²) in [6, 6.07) is 8.27. The molecule has 2 aromatic rings. The van der Waals surface area contributed by atoms with Crippen molar-refractivity contribution in [2.24, 2.45) is 0 Å². The quantitative estimate of drug-likeness (QED) is 0.419. The SMILES string of the molecule is O=C(NCC1CCCO1)c1ccc(CN2CC3(CCN(Cc4ccc(C(F)(F)F)cc4)CC3)OC2=O)c(C(F)(F)F)c1. The molecule has 3 heterocycles. The number of benzene rings is 2. The van der Waals surface area contributed by atoms with E-state index in [0.29, 0.717) is 44.6 Å². The summed E-state index contributed by atoms with van der Waals surface area (Å²) in [4.78, 5) is 28.5. The van der Waals surface area contributed by atoms with Gasteiger partial charge in [-0.3, -0.25) is 14.6 Å². The van der Waals surface area contributed by atoms with Gasteiger partial charge in [0.05, 0.1) is 23.8 Å². The van der Waals surface area contributed by atoms with Gasteiger partial charge in [0.15, 0.2) is 0 Å². The fraction of sp³-hybridized carbons (Fsp3) is 0.517. The van der Waals surface area contributed by atoms with Crippen molar-refractivity contribution in [3.63, 3.8) is 0 Å². The Kier molecular flexibility index (Phi) is 8.44. The van der Waals surface area contributed by atoms with Crippen LogP contribution in [0.15, 0.2) is 42.5 Å². The molecular weight excluding hydrogens is 568 g/mol. The third-order valence-corrected chi connectivity index (χ3v) is 8.05. The Morgan fingerprint density at radius 2 is 1.69 bits per heavy atom. The lowest BCUT2D eigenvalue weighted by atomic mass is 9.91. The second kappa shape index (κ2) is 11.8. The van der Waals surface area contributed by atoms with Gasteiger partial charge in [-0.2, -0.15) is 26.3 Å². The molecule has 3 aliphatic rings. The molecular formula is C29H31F6N3O4. The van der Waals surface area contributed by atoms with Crippen molar-refractivity contribution >= 4 is 12.0 Å². The van der Waals surface area contributed by atoms with Crippen molar-refractivity contribution in [1.29, 1.82) is 0 Å². The Balaban J connectivity index is 1.19. The molecule has 42 heavy (non-hydrogen) atoms. The molecule has 3 aliphatic heterocycles. The van der Waals surface area contributed by atoms with Crippen molar-refractivity contribution in [3.8, 4) is 0 Å². The zero-order valence-electron chi connectivity index (χ0n) is 22.7. The number of alkyl halides is 6. The van der Waals surface area contributed by atoms with E-state index in [1.54, 1.807) is 0 Å². The largest absolute Gasteiger partial charge is 0.441 e. The highest BCUT2D eigenvalue weighted by atomic mass is 19.4. The minimum Gasteiger partial charge on any atom is -0.441 e. The number of hydrogen-bond donors (Lipinski definition) is 1. The van der Waals surface area contributed by atoms with Gasteiger partial charge in [-0.25, -0.2) is 4.79 Å². The summed E-state index contributed by atoms with van der Waals surface area (Å²) in [7, 11) is 0. The summed E-state index contributed by atoms with van der Waals surface area (Å²) in [5.41, 5.74) is -2.13. The maximum absolute atomic E-state index is 14.0. The standard InChI is InChI=1S/C29H31F6N3O4/c30-28(31,32)22-7-3-19(4-8-22)16-37-11-9-27(10-12-37)18-38(26(40)42-27)17-21-6-5-20(14-24(21)29(33,34)35)25(39)36-15-23-2-1-13-41-23/h3-8,14,23H,1-2,9-13,15-18H2,(H,36,39). The Bertz CT molecular complexity index is 1280. The maximum atomic E-state index is 14.0. The van der Waals surface area contributed by atoms with Crippen LogP contribution in [0.1, 0.15) is 58.3 Å². The molecule has 7 nitrogen and oxygen atoms in total. The van der Waals surface area contributed by atoms with Gasteiger partial charge in [0.1, 0.15) is 5.60 Å². The fourth-order valence-corrected chi connectivity index (χ4v) is 5.69. The van der Waals surface area contributed by atoms with Gasteiger partial charge in [0.25, 0.3) is 5.91 Å². The minimum atomic E-state index is -4.74. The first kappa shape index (κ1) is 30.1. The molecule has 1 N–H and O–H groups in total. The average molecular weight is 600 g/mol. The van der Waals surface area contributed by atoms with Gasteiger partial charge >= 0.3 is 18.4 Å². The molecule has 2 aromatic carbocycles. The Hall–Kier alpha value is -3.32. The average Bonchev–Trinajstić information content (AvgIpc) is 3.56. The molecule has 1 unspecified atom stereocenters. The van der Waals surface area contributed by atoms with E-state index in [2.05, 4.69) is 5.32 Å². The highest BCUT2D eigenvalue weighted by molar-refractivity contribution is 5.94. The number of nitrogens with zero attached hydrogens (tertiary/aromatic N) is 2. The van der Waals surface area contributed by atoms with E-state index in [4.69, 9.17) is 9.47 Å². The fourth-order valence-electron chi connectivity index (χ4n) is 5.69. The summed E-state index contributed by atoms with van der Waals surface area (Å²) in [5.74, 6) is -0.634. The normalized spacial score (nSPS) is 21.1. The van der Waals surface area contributed by atoms with Crippen LogP contribution in [0.5, 0.6) is 0 Å². The molecule has 0 saturated carbocycles. The second-order valence-electron chi connectivity index (χ2n) is 11.1. The summed E-state index contributed by atoms with van der Waals surface area (Å²) < 4.78 is 91.6.